The van der Waals surface area contributed by atoms with E-state index < -0.39 is 18.0 Å². The van der Waals surface area contributed by atoms with Crippen molar-refractivity contribution in [2.45, 2.75) is 19.1 Å². The predicted octanol–water partition coefficient (Wildman–Crippen LogP) is 1.42. The number of hydrogen-bond donors (Lipinski definition) is 2. The van der Waals surface area contributed by atoms with Gasteiger partial charge in [0, 0.05) is 13.1 Å². The zero-order chi connectivity index (χ0) is 14.5. The highest BCUT2D eigenvalue weighted by molar-refractivity contribution is 5.85. The van der Waals surface area contributed by atoms with Crippen molar-refractivity contribution in [3.8, 4) is 5.75 Å². The molecule has 0 spiro atoms. The minimum absolute atomic E-state index is 0. The van der Waals surface area contributed by atoms with Crippen LogP contribution in [0.2, 0.25) is 0 Å². The Kier molecular flexibility index (Phi) is 6.87. The fourth-order valence-corrected chi connectivity index (χ4v) is 2.23. The van der Waals surface area contributed by atoms with Crippen LogP contribution in [-0.4, -0.2) is 38.8 Å². The lowest BCUT2D eigenvalue weighted by molar-refractivity contribution is -0.134. The molecule has 118 valence electrons. The van der Waals surface area contributed by atoms with Gasteiger partial charge in [-0.15, -0.1) is 12.4 Å². The topological polar surface area (TPSA) is 59.6 Å². The number of nitrogens with one attached hydrogen (secondary N) is 2. The van der Waals surface area contributed by atoms with Gasteiger partial charge in [-0.25, -0.2) is 4.39 Å². The van der Waals surface area contributed by atoms with Gasteiger partial charge in [0.05, 0.1) is 25.3 Å². The van der Waals surface area contributed by atoms with Crippen molar-refractivity contribution in [1.82, 2.24) is 10.6 Å². The van der Waals surface area contributed by atoms with Crippen LogP contribution < -0.4 is 15.4 Å². The molecule has 1 aromatic carbocycles. The molecule has 5 nitrogen and oxygen atoms in total. The second kappa shape index (κ2) is 8.17. The van der Waals surface area contributed by atoms with Gasteiger partial charge in [-0.2, -0.15) is 0 Å². The lowest BCUT2D eigenvalue weighted by atomic mass is 10.1. The average Bonchev–Trinajstić information content (AvgIpc) is 2.47. The van der Waals surface area contributed by atoms with Gasteiger partial charge in [0.15, 0.2) is 0 Å². The number of rotatable bonds is 4. The third kappa shape index (κ3) is 4.30. The largest absolute Gasteiger partial charge is 0.496 e. The first-order valence-corrected chi connectivity index (χ1v) is 6.58. The minimum Gasteiger partial charge on any atom is -0.496 e. The molecule has 0 aliphatic carbocycles. The van der Waals surface area contributed by atoms with Crippen molar-refractivity contribution in [3.05, 3.63) is 29.6 Å². The predicted molar refractivity (Wildman–Crippen MR) is 79.4 cm³/mol. The molecule has 2 N–H and O–H groups in total. The number of halogens is 2. The van der Waals surface area contributed by atoms with E-state index in [0.29, 0.717) is 24.5 Å². The summed E-state index contributed by atoms with van der Waals surface area (Å²) in [6, 6.07) is 4.09. The van der Waals surface area contributed by atoms with Gasteiger partial charge in [0.2, 0.25) is 0 Å². The maximum atomic E-state index is 13.9. The zero-order valence-corrected chi connectivity index (χ0v) is 12.8. The fraction of sp³-hybridized carbons (Fsp3) is 0.500. The Morgan fingerprint density at radius 1 is 1.57 bits per heavy atom. The van der Waals surface area contributed by atoms with Crippen LogP contribution >= 0.6 is 12.4 Å². The van der Waals surface area contributed by atoms with Gasteiger partial charge >= 0.3 is 0 Å². The molecular weight excluding hydrogens is 299 g/mol. The van der Waals surface area contributed by atoms with Gasteiger partial charge < -0.3 is 20.1 Å². The summed E-state index contributed by atoms with van der Waals surface area (Å²) in [5.41, 5.74) is 0.340. The van der Waals surface area contributed by atoms with E-state index in [1.807, 2.05) is 0 Å². The molecule has 1 amide bonds. The first-order chi connectivity index (χ1) is 9.63. The van der Waals surface area contributed by atoms with Crippen LogP contribution in [0.5, 0.6) is 5.75 Å². The van der Waals surface area contributed by atoms with Crippen LogP contribution in [0.1, 0.15) is 18.5 Å². The number of hydrogen-bond acceptors (Lipinski definition) is 4. The van der Waals surface area contributed by atoms with E-state index in [1.165, 1.54) is 13.2 Å². The molecule has 2 rings (SSSR count). The molecule has 7 heteroatoms. The molecule has 2 unspecified atom stereocenters. The van der Waals surface area contributed by atoms with Crippen LogP contribution in [-0.2, 0) is 9.53 Å². The molecule has 0 aromatic heterocycles. The van der Waals surface area contributed by atoms with Crippen LogP contribution in [0.25, 0.3) is 0 Å². The van der Waals surface area contributed by atoms with Gasteiger partial charge in [0.1, 0.15) is 17.7 Å². The second-order valence-electron chi connectivity index (χ2n) is 4.65. The van der Waals surface area contributed by atoms with E-state index in [9.17, 15) is 9.18 Å². The van der Waals surface area contributed by atoms with E-state index in [2.05, 4.69) is 10.6 Å². The summed E-state index contributed by atoms with van der Waals surface area (Å²) >= 11 is 0. The monoisotopic (exact) mass is 318 g/mol. The van der Waals surface area contributed by atoms with Crippen molar-refractivity contribution >= 4 is 18.3 Å². The van der Waals surface area contributed by atoms with Crippen molar-refractivity contribution < 1.29 is 18.7 Å². The minimum atomic E-state index is -0.538. The second-order valence-corrected chi connectivity index (χ2v) is 4.65. The Labute approximate surface area is 129 Å². The van der Waals surface area contributed by atoms with E-state index in [0.717, 1.165) is 6.54 Å². The van der Waals surface area contributed by atoms with Gasteiger partial charge in [-0.1, -0.05) is 6.07 Å². The molecule has 1 aliphatic rings. The molecule has 21 heavy (non-hydrogen) atoms. The molecule has 1 aliphatic heterocycles. The van der Waals surface area contributed by atoms with E-state index >= 15 is 0 Å². The first kappa shape index (κ1) is 17.7. The summed E-state index contributed by atoms with van der Waals surface area (Å²) in [6.07, 6.45) is -0.538. The molecule has 1 aromatic rings. The molecular formula is C14H20ClFN2O3. The Morgan fingerprint density at radius 3 is 2.95 bits per heavy atom. The summed E-state index contributed by atoms with van der Waals surface area (Å²) in [6.45, 7) is 3.41. The lowest BCUT2D eigenvalue weighted by Crippen LogP contribution is -2.48. The van der Waals surface area contributed by atoms with Crippen LogP contribution in [0.15, 0.2) is 18.2 Å². The summed E-state index contributed by atoms with van der Waals surface area (Å²) in [5, 5.41) is 5.84. The first-order valence-electron chi connectivity index (χ1n) is 6.58. The third-order valence-electron chi connectivity index (χ3n) is 3.24. The van der Waals surface area contributed by atoms with E-state index in [-0.39, 0.29) is 18.3 Å². The summed E-state index contributed by atoms with van der Waals surface area (Å²) in [7, 11) is 1.47. The number of ether oxygens (including phenoxy) is 2. The van der Waals surface area contributed by atoms with Crippen LogP contribution in [0.4, 0.5) is 4.39 Å². The SMILES string of the molecule is COc1cccc(F)c1C(C)NC(=O)C1CNCCO1.Cl. The molecule has 0 radical (unpaired) electrons. The number of carbonyl (C=O) groups is 1. The smallest absolute Gasteiger partial charge is 0.250 e. The molecule has 0 bridgehead atoms. The maximum Gasteiger partial charge on any atom is 0.250 e. The Balaban J connectivity index is 0.00000220. The van der Waals surface area contributed by atoms with Gasteiger partial charge in [0.25, 0.3) is 5.91 Å². The van der Waals surface area contributed by atoms with Crippen LogP contribution in [0.3, 0.4) is 0 Å². The lowest BCUT2D eigenvalue weighted by Gasteiger charge is -2.25. The number of amides is 1. The van der Waals surface area contributed by atoms with Crippen molar-refractivity contribution in [1.29, 1.82) is 0 Å². The molecule has 0 saturated carbocycles. The highest BCUT2D eigenvalue weighted by Crippen LogP contribution is 2.27. The Bertz CT molecular complexity index is 481. The summed E-state index contributed by atoms with van der Waals surface area (Å²) < 4.78 is 24.4. The van der Waals surface area contributed by atoms with Gasteiger partial charge in [-0.05, 0) is 19.1 Å². The standard InChI is InChI=1S/C14H19FN2O3.ClH/c1-9(13-10(15)4-3-5-11(13)19-2)17-14(18)12-8-16-6-7-20-12;/h3-5,9,12,16H,6-8H2,1-2H3,(H,17,18);1H. The van der Waals surface area contributed by atoms with Crippen molar-refractivity contribution in [3.63, 3.8) is 0 Å². The number of methoxy groups -OCH3 is 1. The van der Waals surface area contributed by atoms with Crippen molar-refractivity contribution in [2.24, 2.45) is 0 Å². The zero-order valence-electron chi connectivity index (χ0n) is 12.0. The van der Waals surface area contributed by atoms with Crippen LogP contribution in [0, 0.1) is 5.82 Å². The summed E-state index contributed by atoms with van der Waals surface area (Å²) in [5.74, 6) is -0.240. The van der Waals surface area contributed by atoms with Gasteiger partial charge in [-0.3, -0.25) is 4.79 Å². The third-order valence-corrected chi connectivity index (χ3v) is 3.24. The molecule has 1 fully saturated rings. The Hall–Kier alpha value is -1.37. The number of carbonyl (C=O) groups excluding carboxylic acids is 1. The maximum absolute atomic E-state index is 13.9. The molecule has 1 saturated heterocycles. The molecule has 2 atom stereocenters. The highest BCUT2D eigenvalue weighted by Gasteiger charge is 2.25. The Morgan fingerprint density at radius 2 is 2.33 bits per heavy atom. The highest BCUT2D eigenvalue weighted by atomic mass is 35.5. The average molecular weight is 319 g/mol. The van der Waals surface area contributed by atoms with Crippen molar-refractivity contribution in [2.75, 3.05) is 26.8 Å². The number of benzene rings is 1. The quantitative estimate of drug-likeness (QED) is 0.881. The number of morpholine rings is 1. The van der Waals surface area contributed by atoms with E-state index in [1.54, 1.807) is 19.1 Å². The normalized spacial score (nSPS) is 19.3. The molecule has 1 heterocycles. The fourth-order valence-electron chi connectivity index (χ4n) is 2.23. The summed E-state index contributed by atoms with van der Waals surface area (Å²) in [4.78, 5) is 12.1. The van der Waals surface area contributed by atoms with E-state index in [4.69, 9.17) is 9.47 Å².